The van der Waals surface area contributed by atoms with Crippen LogP contribution < -0.4 is 16.0 Å². The number of anilines is 1. The number of hydrogen-bond donors (Lipinski definition) is 1. The van der Waals surface area contributed by atoms with Crippen molar-refractivity contribution in [3.05, 3.63) is 50.9 Å². The first-order valence-corrected chi connectivity index (χ1v) is 7.47. The van der Waals surface area contributed by atoms with Crippen LogP contribution in [0.3, 0.4) is 0 Å². The van der Waals surface area contributed by atoms with E-state index in [4.69, 9.17) is 38.4 Å². The molecule has 0 amide bonds. The summed E-state index contributed by atoms with van der Waals surface area (Å²) in [4.78, 5) is 11.8. The number of nitrogens with zero attached hydrogens (tertiary/aromatic N) is 1. The number of ether oxygens (including phenoxy) is 2. The number of nitrogens with two attached hydrogens (primary N) is 1. The van der Waals surface area contributed by atoms with Gasteiger partial charge in [0, 0.05) is 31.1 Å². The van der Waals surface area contributed by atoms with Crippen LogP contribution >= 0.6 is 23.2 Å². The van der Waals surface area contributed by atoms with E-state index >= 15 is 0 Å². The summed E-state index contributed by atoms with van der Waals surface area (Å²) in [7, 11) is 0. The van der Waals surface area contributed by atoms with E-state index in [-0.39, 0.29) is 5.56 Å². The first-order valence-electron chi connectivity index (χ1n) is 6.72. The normalized spacial score (nSPS) is 10.7. The molecular weight excluding hydrogens is 327 g/mol. The Hall–Kier alpha value is -1.69. The number of pyridine rings is 1. The van der Waals surface area contributed by atoms with E-state index < -0.39 is 0 Å². The minimum absolute atomic E-state index is 0.137. The summed E-state index contributed by atoms with van der Waals surface area (Å²) in [6.07, 6.45) is 1.59. The smallest absolute Gasteiger partial charge is 0.250 e. The molecule has 1 heterocycles. The molecule has 0 fully saturated rings. The second-order valence-electron chi connectivity index (χ2n) is 4.51. The van der Waals surface area contributed by atoms with Gasteiger partial charge in [-0.2, -0.15) is 0 Å². The van der Waals surface area contributed by atoms with E-state index in [2.05, 4.69) is 0 Å². The quantitative estimate of drug-likeness (QED) is 0.643. The fraction of sp³-hybridized carbons (Fsp3) is 0.267. The van der Waals surface area contributed by atoms with Crippen molar-refractivity contribution in [1.29, 1.82) is 0 Å². The molecule has 0 atom stereocenters. The number of halogens is 2. The zero-order valence-corrected chi connectivity index (χ0v) is 13.5. The first-order chi connectivity index (χ1) is 10.5. The van der Waals surface area contributed by atoms with Crippen molar-refractivity contribution >= 4 is 28.9 Å². The molecule has 7 heteroatoms. The fourth-order valence-electron chi connectivity index (χ4n) is 1.85. The highest BCUT2D eigenvalue weighted by molar-refractivity contribution is 6.37. The van der Waals surface area contributed by atoms with Gasteiger partial charge in [-0.15, -0.1) is 0 Å². The predicted molar refractivity (Wildman–Crippen MR) is 88.1 cm³/mol. The lowest BCUT2D eigenvalue weighted by Crippen LogP contribution is -2.20. The first kappa shape index (κ1) is 16.7. The predicted octanol–water partition coefficient (Wildman–Crippen LogP) is 3.57. The van der Waals surface area contributed by atoms with Crippen LogP contribution in [0.25, 0.3) is 0 Å². The summed E-state index contributed by atoms with van der Waals surface area (Å²) in [5, 5.41) is 0.606. The number of hydrogen-bond acceptors (Lipinski definition) is 4. The van der Waals surface area contributed by atoms with Gasteiger partial charge in [-0.05, 0) is 25.1 Å². The molecule has 2 aromatic rings. The van der Waals surface area contributed by atoms with Crippen molar-refractivity contribution in [2.45, 2.75) is 13.5 Å². The maximum absolute atomic E-state index is 11.8. The summed E-state index contributed by atoms with van der Waals surface area (Å²) < 4.78 is 12.4. The topological polar surface area (TPSA) is 66.5 Å². The third-order valence-corrected chi connectivity index (χ3v) is 3.44. The van der Waals surface area contributed by atoms with E-state index in [0.717, 1.165) is 0 Å². The minimum atomic E-state index is -0.137. The molecule has 0 radical (unpaired) electrons. The zero-order chi connectivity index (χ0) is 16.1. The van der Waals surface area contributed by atoms with Crippen molar-refractivity contribution in [3.8, 4) is 11.5 Å². The monoisotopic (exact) mass is 342 g/mol. The van der Waals surface area contributed by atoms with Crippen LogP contribution in [0.4, 0.5) is 5.69 Å². The van der Waals surface area contributed by atoms with Gasteiger partial charge in [0.2, 0.25) is 0 Å². The molecule has 0 spiro atoms. The average molecular weight is 343 g/mol. The van der Waals surface area contributed by atoms with Crippen molar-refractivity contribution in [3.63, 3.8) is 0 Å². The molecule has 0 saturated heterocycles. The van der Waals surface area contributed by atoms with Crippen LogP contribution in [-0.2, 0) is 11.3 Å². The molecule has 2 rings (SSSR count). The SMILES string of the molecule is CCOCCn1cc(Oc2c(Cl)cc(N)cc2Cl)ccc1=O. The van der Waals surface area contributed by atoms with Crippen LogP contribution in [0.15, 0.2) is 35.3 Å². The molecule has 1 aromatic heterocycles. The maximum atomic E-state index is 11.8. The van der Waals surface area contributed by atoms with Crippen LogP contribution in [0.2, 0.25) is 10.0 Å². The lowest BCUT2D eigenvalue weighted by Gasteiger charge is -2.12. The van der Waals surface area contributed by atoms with Gasteiger partial charge >= 0.3 is 0 Å². The summed E-state index contributed by atoms with van der Waals surface area (Å²) in [6, 6.07) is 6.07. The average Bonchev–Trinajstić information content (AvgIpc) is 2.46. The molecule has 2 N–H and O–H groups in total. The largest absolute Gasteiger partial charge is 0.453 e. The second kappa shape index (κ2) is 7.54. The molecule has 0 aliphatic heterocycles. The molecule has 0 saturated carbocycles. The van der Waals surface area contributed by atoms with Gasteiger partial charge in [0.1, 0.15) is 5.75 Å². The van der Waals surface area contributed by atoms with Crippen LogP contribution in [0.1, 0.15) is 6.92 Å². The Kier molecular flexibility index (Phi) is 5.71. The Labute approximate surface area is 138 Å². The third-order valence-electron chi connectivity index (χ3n) is 2.88. The second-order valence-corrected chi connectivity index (χ2v) is 5.32. The number of nitrogen functional groups attached to an aromatic ring is 1. The van der Waals surface area contributed by atoms with E-state index in [1.54, 1.807) is 24.4 Å². The number of rotatable bonds is 6. The van der Waals surface area contributed by atoms with Gasteiger partial charge in [-0.1, -0.05) is 23.2 Å². The van der Waals surface area contributed by atoms with E-state index in [0.29, 0.717) is 47.0 Å². The highest BCUT2D eigenvalue weighted by Gasteiger charge is 2.11. The number of benzene rings is 1. The molecule has 0 aliphatic carbocycles. The summed E-state index contributed by atoms with van der Waals surface area (Å²) in [5.74, 6) is 0.747. The summed E-state index contributed by atoms with van der Waals surface area (Å²) in [6.45, 7) is 3.38. The van der Waals surface area contributed by atoms with Gasteiger partial charge in [-0.25, -0.2) is 0 Å². The molecule has 0 bridgehead atoms. The lowest BCUT2D eigenvalue weighted by molar-refractivity contribution is 0.138. The molecule has 0 aliphatic rings. The third kappa shape index (κ3) is 4.16. The van der Waals surface area contributed by atoms with Crippen LogP contribution in [0, 0.1) is 0 Å². The Morgan fingerprint density at radius 3 is 2.55 bits per heavy atom. The Morgan fingerprint density at radius 1 is 1.23 bits per heavy atom. The Morgan fingerprint density at radius 2 is 1.91 bits per heavy atom. The van der Waals surface area contributed by atoms with E-state index in [1.807, 2.05) is 6.92 Å². The molecule has 0 unspecified atom stereocenters. The molecule has 5 nitrogen and oxygen atoms in total. The standard InChI is InChI=1S/C15H16Cl2N2O3/c1-2-21-6-5-19-9-11(3-4-14(19)20)22-15-12(16)7-10(18)8-13(15)17/h3-4,7-9H,2,5-6,18H2,1H3. The van der Waals surface area contributed by atoms with Gasteiger partial charge in [0.05, 0.1) is 16.7 Å². The lowest BCUT2D eigenvalue weighted by atomic mass is 10.3. The van der Waals surface area contributed by atoms with Crippen molar-refractivity contribution in [2.24, 2.45) is 0 Å². The van der Waals surface area contributed by atoms with Gasteiger partial charge < -0.3 is 19.8 Å². The van der Waals surface area contributed by atoms with E-state index in [1.165, 1.54) is 10.6 Å². The zero-order valence-electron chi connectivity index (χ0n) is 12.0. The molecular formula is C15H16Cl2N2O3. The van der Waals surface area contributed by atoms with Crippen LogP contribution in [-0.4, -0.2) is 17.8 Å². The number of aromatic nitrogens is 1. The van der Waals surface area contributed by atoms with Crippen LogP contribution in [0.5, 0.6) is 11.5 Å². The van der Waals surface area contributed by atoms with Gasteiger partial charge in [0.15, 0.2) is 5.75 Å². The minimum Gasteiger partial charge on any atom is -0.453 e. The Bertz CT molecular complexity index is 693. The van der Waals surface area contributed by atoms with Gasteiger partial charge in [-0.3, -0.25) is 4.79 Å². The van der Waals surface area contributed by atoms with Crippen molar-refractivity contribution < 1.29 is 9.47 Å². The van der Waals surface area contributed by atoms with E-state index in [9.17, 15) is 4.79 Å². The van der Waals surface area contributed by atoms with Crippen molar-refractivity contribution in [1.82, 2.24) is 4.57 Å². The molecule has 118 valence electrons. The maximum Gasteiger partial charge on any atom is 0.250 e. The summed E-state index contributed by atoms with van der Waals surface area (Å²) >= 11 is 12.2. The fourth-order valence-corrected chi connectivity index (χ4v) is 2.43. The highest BCUT2D eigenvalue weighted by atomic mass is 35.5. The summed E-state index contributed by atoms with van der Waals surface area (Å²) in [5.41, 5.74) is 5.96. The van der Waals surface area contributed by atoms with Crippen molar-refractivity contribution in [2.75, 3.05) is 18.9 Å². The highest BCUT2D eigenvalue weighted by Crippen LogP contribution is 2.37. The van der Waals surface area contributed by atoms with Gasteiger partial charge in [0.25, 0.3) is 5.56 Å². The molecule has 1 aromatic carbocycles. The Balaban J connectivity index is 2.23. The molecule has 22 heavy (non-hydrogen) atoms.